The van der Waals surface area contributed by atoms with E-state index in [2.05, 4.69) is 30.0 Å². The highest BCUT2D eigenvalue weighted by Gasteiger charge is 2.42. The molecule has 142 valence electrons. The molecule has 0 bridgehead atoms. The molecule has 1 heterocycles. The van der Waals surface area contributed by atoms with Crippen molar-refractivity contribution in [2.24, 2.45) is 0 Å². The lowest BCUT2D eigenvalue weighted by Crippen LogP contribution is -2.57. The molecule has 1 atom stereocenters. The molecule has 0 aromatic heterocycles. The number of para-hydroxylation sites is 1. The minimum absolute atomic E-state index is 0. The molecular formula is C21H28ClNO3. The number of hydrogen-bond donors (Lipinski definition) is 1. The summed E-state index contributed by atoms with van der Waals surface area (Å²) in [5.41, 5.74) is 2.35. The first-order valence-corrected chi connectivity index (χ1v) is 9.08. The third kappa shape index (κ3) is 4.77. The molecule has 1 aliphatic rings. The maximum Gasteiger partial charge on any atom is 0.273 e. The van der Waals surface area contributed by atoms with Crippen LogP contribution in [0.4, 0.5) is 0 Å². The van der Waals surface area contributed by atoms with E-state index in [-0.39, 0.29) is 19.0 Å². The Morgan fingerprint density at radius 1 is 1.12 bits per heavy atom. The Kier molecular flexibility index (Phi) is 7.91. The van der Waals surface area contributed by atoms with Crippen LogP contribution in [0.2, 0.25) is 0 Å². The molecule has 0 saturated heterocycles. The first-order valence-electron chi connectivity index (χ1n) is 9.08. The van der Waals surface area contributed by atoms with Crippen LogP contribution in [0, 0.1) is 0 Å². The molecule has 0 amide bonds. The van der Waals surface area contributed by atoms with Crippen molar-refractivity contribution in [3.8, 4) is 5.75 Å². The van der Waals surface area contributed by atoms with Gasteiger partial charge in [-0.2, -0.15) is 0 Å². The standard InChI is InChI=1S/C21H27NO3.ClH/c1-2-22(15-8-16-23)21(24-17-18-9-4-3-5-10-18)14-13-19-11-6-7-12-20(19)25-21;/h3-7,9-12,23H,2,8,13-17H2,1H3;1H. The van der Waals surface area contributed by atoms with Gasteiger partial charge < -0.3 is 14.6 Å². The third-order valence-corrected chi connectivity index (χ3v) is 4.71. The maximum atomic E-state index is 9.25. The van der Waals surface area contributed by atoms with Crippen LogP contribution in [0.5, 0.6) is 5.75 Å². The molecule has 0 aliphatic carbocycles. The molecule has 3 rings (SSSR count). The largest absolute Gasteiger partial charge is 0.448 e. The number of nitrogens with zero attached hydrogens (tertiary/aromatic N) is 1. The van der Waals surface area contributed by atoms with Gasteiger partial charge in [0.1, 0.15) is 5.75 Å². The van der Waals surface area contributed by atoms with Crippen LogP contribution in [0.1, 0.15) is 30.9 Å². The fourth-order valence-electron chi connectivity index (χ4n) is 3.34. The van der Waals surface area contributed by atoms with Crippen molar-refractivity contribution in [3.63, 3.8) is 0 Å². The van der Waals surface area contributed by atoms with Gasteiger partial charge in [-0.3, -0.25) is 0 Å². The Bertz CT molecular complexity index is 667. The van der Waals surface area contributed by atoms with Crippen molar-refractivity contribution in [2.45, 2.75) is 38.7 Å². The monoisotopic (exact) mass is 377 g/mol. The van der Waals surface area contributed by atoms with Crippen molar-refractivity contribution in [2.75, 3.05) is 19.7 Å². The Hall–Kier alpha value is -1.59. The van der Waals surface area contributed by atoms with E-state index in [4.69, 9.17) is 9.47 Å². The summed E-state index contributed by atoms with van der Waals surface area (Å²) >= 11 is 0. The van der Waals surface area contributed by atoms with E-state index in [1.807, 2.05) is 36.4 Å². The highest BCUT2D eigenvalue weighted by Crippen LogP contribution is 2.36. The predicted molar refractivity (Wildman–Crippen MR) is 106 cm³/mol. The van der Waals surface area contributed by atoms with Crippen molar-refractivity contribution in [1.29, 1.82) is 0 Å². The second-order valence-corrected chi connectivity index (χ2v) is 6.35. The number of aryl methyl sites for hydroxylation is 1. The molecule has 1 aliphatic heterocycles. The first kappa shape index (κ1) is 20.7. The molecule has 4 nitrogen and oxygen atoms in total. The summed E-state index contributed by atoms with van der Waals surface area (Å²) in [4.78, 5) is 2.20. The van der Waals surface area contributed by atoms with Crippen LogP contribution in [0.3, 0.4) is 0 Å². The van der Waals surface area contributed by atoms with E-state index in [1.165, 1.54) is 5.56 Å². The predicted octanol–water partition coefficient (Wildman–Crippen LogP) is 4.01. The summed E-state index contributed by atoms with van der Waals surface area (Å²) in [6.45, 7) is 4.32. The molecule has 5 heteroatoms. The number of aliphatic hydroxyl groups is 1. The fraction of sp³-hybridized carbons (Fsp3) is 0.429. The van der Waals surface area contributed by atoms with Gasteiger partial charge in [0, 0.05) is 26.1 Å². The summed E-state index contributed by atoms with van der Waals surface area (Å²) in [5, 5.41) is 9.25. The number of rotatable bonds is 8. The summed E-state index contributed by atoms with van der Waals surface area (Å²) in [7, 11) is 0. The van der Waals surface area contributed by atoms with Crippen molar-refractivity contribution in [3.05, 3.63) is 65.7 Å². The van der Waals surface area contributed by atoms with Gasteiger partial charge in [-0.15, -0.1) is 12.4 Å². The fourth-order valence-corrected chi connectivity index (χ4v) is 3.34. The number of fused-ring (bicyclic) bond motifs is 1. The number of halogens is 1. The number of aliphatic hydroxyl groups excluding tert-OH is 1. The van der Waals surface area contributed by atoms with E-state index < -0.39 is 5.91 Å². The average Bonchev–Trinajstić information content (AvgIpc) is 2.68. The molecule has 1 unspecified atom stereocenters. The molecule has 1 N–H and O–H groups in total. The Labute approximate surface area is 162 Å². The highest BCUT2D eigenvalue weighted by molar-refractivity contribution is 5.85. The quantitative estimate of drug-likeness (QED) is 0.706. The minimum Gasteiger partial charge on any atom is -0.448 e. The van der Waals surface area contributed by atoms with Gasteiger partial charge in [0.25, 0.3) is 5.91 Å². The Morgan fingerprint density at radius 3 is 2.58 bits per heavy atom. The first-order chi connectivity index (χ1) is 12.3. The second kappa shape index (κ2) is 9.93. The molecule has 26 heavy (non-hydrogen) atoms. The minimum atomic E-state index is -0.784. The molecular weight excluding hydrogens is 350 g/mol. The van der Waals surface area contributed by atoms with Gasteiger partial charge in [-0.25, -0.2) is 4.90 Å². The molecule has 0 spiro atoms. The molecule has 0 fully saturated rings. The van der Waals surface area contributed by atoms with Gasteiger partial charge in [0.2, 0.25) is 0 Å². The molecule has 0 saturated carbocycles. The molecule has 2 aromatic carbocycles. The normalized spacial score (nSPS) is 18.7. The van der Waals surface area contributed by atoms with Crippen LogP contribution in [0.25, 0.3) is 0 Å². The molecule has 2 aromatic rings. The van der Waals surface area contributed by atoms with Crippen LogP contribution in [0.15, 0.2) is 54.6 Å². The van der Waals surface area contributed by atoms with E-state index in [9.17, 15) is 5.11 Å². The van der Waals surface area contributed by atoms with Crippen molar-refractivity contribution in [1.82, 2.24) is 4.90 Å². The van der Waals surface area contributed by atoms with Crippen LogP contribution in [-0.2, 0) is 17.8 Å². The second-order valence-electron chi connectivity index (χ2n) is 6.35. The summed E-state index contributed by atoms with van der Waals surface area (Å²) in [6.07, 6.45) is 2.39. The Morgan fingerprint density at radius 2 is 1.85 bits per heavy atom. The van der Waals surface area contributed by atoms with Gasteiger partial charge in [-0.05, 0) is 30.0 Å². The maximum absolute atomic E-state index is 9.25. The third-order valence-electron chi connectivity index (χ3n) is 4.71. The number of benzene rings is 2. The summed E-state index contributed by atoms with van der Waals surface area (Å²) in [5.74, 6) is 0.109. The number of hydrogen-bond acceptors (Lipinski definition) is 4. The smallest absolute Gasteiger partial charge is 0.273 e. The van der Waals surface area contributed by atoms with Gasteiger partial charge >= 0.3 is 0 Å². The van der Waals surface area contributed by atoms with Crippen LogP contribution >= 0.6 is 12.4 Å². The van der Waals surface area contributed by atoms with E-state index in [0.29, 0.717) is 13.0 Å². The zero-order valence-electron chi connectivity index (χ0n) is 15.3. The topological polar surface area (TPSA) is 41.9 Å². The summed E-state index contributed by atoms with van der Waals surface area (Å²) in [6, 6.07) is 18.3. The van der Waals surface area contributed by atoms with Gasteiger partial charge in [0.05, 0.1) is 6.61 Å². The van der Waals surface area contributed by atoms with E-state index >= 15 is 0 Å². The lowest BCUT2D eigenvalue weighted by molar-refractivity contribution is -0.289. The van der Waals surface area contributed by atoms with Crippen molar-refractivity contribution >= 4 is 12.4 Å². The SMILES string of the molecule is CCN(CCCO)C1(OCc2ccccc2)CCc2ccccc2O1.Cl. The Balaban J connectivity index is 0.00000243. The number of ether oxygens (including phenoxy) is 2. The van der Waals surface area contributed by atoms with E-state index in [0.717, 1.165) is 37.2 Å². The molecule has 0 radical (unpaired) electrons. The zero-order chi connectivity index (χ0) is 17.5. The van der Waals surface area contributed by atoms with Crippen LogP contribution in [-0.4, -0.2) is 35.6 Å². The lowest BCUT2D eigenvalue weighted by atomic mass is 10.0. The van der Waals surface area contributed by atoms with Crippen LogP contribution < -0.4 is 4.74 Å². The van der Waals surface area contributed by atoms with Gasteiger partial charge in [-0.1, -0.05) is 55.5 Å². The van der Waals surface area contributed by atoms with Crippen molar-refractivity contribution < 1.29 is 14.6 Å². The van der Waals surface area contributed by atoms with E-state index in [1.54, 1.807) is 0 Å². The highest BCUT2D eigenvalue weighted by atomic mass is 35.5. The average molecular weight is 378 g/mol. The zero-order valence-corrected chi connectivity index (χ0v) is 16.1. The lowest BCUT2D eigenvalue weighted by Gasteiger charge is -2.45. The van der Waals surface area contributed by atoms with Gasteiger partial charge in [0.15, 0.2) is 0 Å². The summed E-state index contributed by atoms with van der Waals surface area (Å²) < 4.78 is 12.8.